The predicted octanol–water partition coefficient (Wildman–Crippen LogP) is 4.33. The number of fused-ring (bicyclic) bond motifs is 1. The van der Waals surface area contributed by atoms with Gasteiger partial charge in [-0.15, -0.1) is 11.3 Å². The van der Waals surface area contributed by atoms with Crippen molar-refractivity contribution in [3.8, 4) is 11.5 Å². The van der Waals surface area contributed by atoms with E-state index < -0.39 is 0 Å². The third kappa shape index (κ3) is 2.69. The Balaban J connectivity index is 1.76. The van der Waals surface area contributed by atoms with Gasteiger partial charge in [-0.05, 0) is 53.9 Å². The van der Waals surface area contributed by atoms with Crippen LogP contribution in [0.25, 0.3) is 10.1 Å². The Kier molecular flexibility index (Phi) is 3.09. The number of thiophene rings is 1. The van der Waals surface area contributed by atoms with Crippen LogP contribution in [-0.4, -0.2) is 5.11 Å². The van der Waals surface area contributed by atoms with Gasteiger partial charge in [0, 0.05) is 9.58 Å². The summed E-state index contributed by atoms with van der Waals surface area (Å²) in [6.45, 7) is 0.436. The van der Waals surface area contributed by atoms with Gasteiger partial charge >= 0.3 is 0 Å². The summed E-state index contributed by atoms with van der Waals surface area (Å²) in [6, 6.07) is 13.2. The highest BCUT2D eigenvalue weighted by Crippen LogP contribution is 2.29. The maximum absolute atomic E-state index is 12.8. The minimum Gasteiger partial charge on any atom is -0.508 e. The van der Waals surface area contributed by atoms with Crippen LogP contribution < -0.4 is 4.74 Å². The second-order valence-electron chi connectivity index (χ2n) is 4.18. The van der Waals surface area contributed by atoms with E-state index in [2.05, 4.69) is 0 Å². The first-order chi connectivity index (χ1) is 9.20. The van der Waals surface area contributed by atoms with Crippen molar-refractivity contribution in [1.82, 2.24) is 0 Å². The molecule has 0 aliphatic rings. The van der Waals surface area contributed by atoms with E-state index in [1.807, 2.05) is 12.1 Å². The van der Waals surface area contributed by atoms with E-state index in [0.717, 1.165) is 15.0 Å². The summed E-state index contributed by atoms with van der Waals surface area (Å²) in [5.41, 5.74) is 0. The summed E-state index contributed by atoms with van der Waals surface area (Å²) < 4.78 is 19.4. The number of benzene rings is 2. The van der Waals surface area contributed by atoms with Crippen molar-refractivity contribution in [1.29, 1.82) is 0 Å². The van der Waals surface area contributed by atoms with Gasteiger partial charge in [0.15, 0.2) is 0 Å². The van der Waals surface area contributed by atoms with Gasteiger partial charge in [0.1, 0.15) is 23.9 Å². The van der Waals surface area contributed by atoms with Crippen molar-refractivity contribution >= 4 is 21.4 Å². The molecule has 0 spiro atoms. The minimum absolute atomic E-state index is 0.260. The zero-order valence-corrected chi connectivity index (χ0v) is 10.8. The van der Waals surface area contributed by atoms with Gasteiger partial charge in [-0.1, -0.05) is 0 Å². The lowest BCUT2D eigenvalue weighted by molar-refractivity contribution is 0.309. The quantitative estimate of drug-likeness (QED) is 0.770. The Hall–Kier alpha value is -2.07. The largest absolute Gasteiger partial charge is 0.508 e. The molecule has 1 N–H and O–H groups in total. The van der Waals surface area contributed by atoms with Crippen molar-refractivity contribution in [2.24, 2.45) is 0 Å². The van der Waals surface area contributed by atoms with Crippen molar-refractivity contribution < 1.29 is 14.2 Å². The molecule has 0 atom stereocenters. The first-order valence-corrected chi connectivity index (χ1v) is 6.62. The second kappa shape index (κ2) is 4.90. The summed E-state index contributed by atoms with van der Waals surface area (Å²) in [5, 5.41) is 10.4. The van der Waals surface area contributed by atoms with Crippen molar-refractivity contribution in [3.63, 3.8) is 0 Å². The third-order valence-corrected chi connectivity index (χ3v) is 3.84. The van der Waals surface area contributed by atoms with Gasteiger partial charge in [0.25, 0.3) is 0 Å². The number of ether oxygens (including phenoxy) is 1. The minimum atomic E-state index is -0.273. The van der Waals surface area contributed by atoms with Crippen LogP contribution in [0.5, 0.6) is 11.5 Å². The molecule has 2 aromatic carbocycles. The van der Waals surface area contributed by atoms with Gasteiger partial charge in [-0.25, -0.2) is 4.39 Å². The summed E-state index contributed by atoms with van der Waals surface area (Å²) in [4.78, 5) is 1.06. The zero-order valence-electron chi connectivity index (χ0n) is 9.97. The van der Waals surface area contributed by atoms with E-state index in [1.165, 1.54) is 12.1 Å². The average molecular weight is 274 g/mol. The molecule has 0 saturated carbocycles. The number of halogens is 1. The molecule has 0 fully saturated rings. The molecule has 3 rings (SSSR count). The molecule has 0 aliphatic carbocycles. The Bertz CT molecular complexity index is 704. The molecule has 96 valence electrons. The van der Waals surface area contributed by atoms with Gasteiger partial charge < -0.3 is 9.84 Å². The molecule has 0 saturated heterocycles. The molecule has 2 nitrogen and oxygen atoms in total. The van der Waals surface area contributed by atoms with Gasteiger partial charge in [0.05, 0.1) is 0 Å². The highest BCUT2D eigenvalue weighted by Gasteiger charge is 2.04. The van der Waals surface area contributed by atoms with E-state index in [-0.39, 0.29) is 11.6 Å². The molecule has 0 bridgehead atoms. The Morgan fingerprint density at radius 1 is 1.05 bits per heavy atom. The number of rotatable bonds is 3. The Morgan fingerprint density at radius 3 is 2.63 bits per heavy atom. The predicted molar refractivity (Wildman–Crippen MR) is 74.2 cm³/mol. The molecular formula is C15H11FO2S. The lowest BCUT2D eigenvalue weighted by Crippen LogP contribution is -1.92. The molecule has 19 heavy (non-hydrogen) atoms. The number of phenols is 1. The Morgan fingerprint density at radius 2 is 1.84 bits per heavy atom. The van der Waals surface area contributed by atoms with Crippen LogP contribution in [0.3, 0.4) is 0 Å². The maximum Gasteiger partial charge on any atom is 0.123 e. The molecule has 0 radical (unpaired) electrons. The van der Waals surface area contributed by atoms with Crippen LogP contribution in [0.2, 0.25) is 0 Å². The van der Waals surface area contributed by atoms with E-state index in [1.54, 1.807) is 35.6 Å². The summed E-state index contributed by atoms with van der Waals surface area (Å²) in [5.74, 6) is 0.627. The molecule has 3 aromatic rings. The first-order valence-electron chi connectivity index (χ1n) is 5.80. The summed E-state index contributed by atoms with van der Waals surface area (Å²) in [7, 11) is 0. The Labute approximate surface area is 113 Å². The zero-order chi connectivity index (χ0) is 13.2. The number of hydrogen-bond donors (Lipinski definition) is 1. The van der Waals surface area contributed by atoms with Gasteiger partial charge in [-0.2, -0.15) is 0 Å². The van der Waals surface area contributed by atoms with Crippen LogP contribution in [0.15, 0.2) is 48.5 Å². The van der Waals surface area contributed by atoms with Crippen LogP contribution >= 0.6 is 11.3 Å². The fourth-order valence-corrected chi connectivity index (χ4v) is 2.80. The molecule has 0 unspecified atom stereocenters. The van der Waals surface area contributed by atoms with E-state index in [9.17, 15) is 9.50 Å². The lowest BCUT2D eigenvalue weighted by Gasteiger charge is -2.03. The first kappa shape index (κ1) is 12.0. The summed E-state index contributed by atoms with van der Waals surface area (Å²) >= 11 is 1.62. The molecule has 0 aliphatic heterocycles. The van der Waals surface area contributed by atoms with Crippen molar-refractivity contribution in [3.05, 3.63) is 59.2 Å². The van der Waals surface area contributed by atoms with Crippen molar-refractivity contribution in [2.45, 2.75) is 6.61 Å². The topological polar surface area (TPSA) is 29.5 Å². The second-order valence-corrected chi connectivity index (χ2v) is 5.35. The molecule has 1 heterocycles. The normalized spacial score (nSPS) is 10.8. The third-order valence-electron chi connectivity index (χ3n) is 2.75. The highest BCUT2D eigenvalue weighted by atomic mass is 32.1. The van der Waals surface area contributed by atoms with Crippen LogP contribution in [0.1, 0.15) is 4.88 Å². The van der Waals surface area contributed by atoms with Gasteiger partial charge in [-0.3, -0.25) is 0 Å². The van der Waals surface area contributed by atoms with Crippen LogP contribution in [0.4, 0.5) is 4.39 Å². The fourth-order valence-electron chi connectivity index (χ4n) is 1.84. The van der Waals surface area contributed by atoms with E-state index in [4.69, 9.17) is 4.74 Å². The lowest BCUT2D eigenvalue weighted by atomic mass is 10.2. The van der Waals surface area contributed by atoms with E-state index in [0.29, 0.717) is 12.4 Å². The monoisotopic (exact) mass is 274 g/mol. The van der Waals surface area contributed by atoms with Crippen LogP contribution in [0, 0.1) is 5.82 Å². The number of aromatic hydroxyl groups is 1. The smallest absolute Gasteiger partial charge is 0.123 e. The van der Waals surface area contributed by atoms with Gasteiger partial charge in [0.2, 0.25) is 0 Å². The fraction of sp³-hybridized carbons (Fsp3) is 0.0667. The molecule has 4 heteroatoms. The maximum atomic E-state index is 12.8. The average Bonchev–Trinajstić information content (AvgIpc) is 2.80. The van der Waals surface area contributed by atoms with E-state index >= 15 is 0 Å². The molecule has 1 aromatic heterocycles. The van der Waals surface area contributed by atoms with Crippen LogP contribution in [-0.2, 0) is 6.61 Å². The van der Waals surface area contributed by atoms with Crippen molar-refractivity contribution in [2.75, 3.05) is 0 Å². The highest BCUT2D eigenvalue weighted by molar-refractivity contribution is 7.19. The SMILES string of the molecule is Oc1ccc2sc(COc3ccc(F)cc3)cc2c1. The number of hydrogen-bond acceptors (Lipinski definition) is 3. The standard InChI is InChI=1S/C15H11FO2S/c16-11-1-4-13(5-2-11)18-9-14-8-10-7-12(17)3-6-15(10)19-14/h1-8,17H,9H2. The molecule has 0 amide bonds. The number of phenolic OH excluding ortho intramolecular Hbond substituents is 1. The molecular weight excluding hydrogens is 263 g/mol. The summed E-state index contributed by atoms with van der Waals surface area (Å²) in [6.07, 6.45) is 0.